The van der Waals surface area contributed by atoms with Crippen LogP contribution in [0, 0.1) is 6.92 Å². The molecule has 3 rings (SSSR count). The van der Waals surface area contributed by atoms with E-state index in [0.717, 1.165) is 12.8 Å². The summed E-state index contributed by atoms with van der Waals surface area (Å²) in [7, 11) is 0. The summed E-state index contributed by atoms with van der Waals surface area (Å²) in [5.41, 5.74) is 0.440. The van der Waals surface area contributed by atoms with Crippen molar-refractivity contribution in [3.8, 4) is 5.88 Å². The minimum atomic E-state index is -0.0983. The number of likely N-dealkylation sites (tertiary alicyclic amines) is 1. The number of aryl methyl sites for hydroxylation is 1. The number of nitrogens with zero attached hydrogens (tertiary/aromatic N) is 3. The Balaban J connectivity index is 1.60. The fourth-order valence-electron chi connectivity index (χ4n) is 2.68. The molecule has 1 saturated heterocycles. The Morgan fingerprint density at radius 2 is 2.00 bits per heavy atom. The predicted octanol–water partition coefficient (Wildman–Crippen LogP) is 3.78. The maximum Gasteiger partial charge on any atom is 0.255 e. The van der Waals surface area contributed by atoms with Crippen LogP contribution in [0.3, 0.4) is 0 Å². The number of aromatic nitrogens is 2. The van der Waals surface area contributed by atoms with Crippen LogP contribution in [0.4, 0.5) is 0 Å². The lowest BCUT2D eigenvalue weighted by atomic mass is 10.1. The van der Waals surface area contributed by atoms with Gasteiger partial charge < -0.3 is 9.64 Å². The molecule has 0 unspecified atom stereocenters. The molecule has 2 heterocycles. The highest BCUT2D eigenvalue weighted by Crippen LogP contribution is 2.24. The molecule has 5 nitrogen and oxygen atoms in total. The first-order chi connectivity index (χ1) is 11.5. The number of amides is 1. The van der Waals surface area contributed by atoms with Crippen molar-refractivity contribution in [2.45, 2.75) is 25.9 Å². The van der Waals surface area contributed by atoms with Crippen molar-refractivity contribution in [3.63, 3.8) is 0 Å². The zero-order valence-corrected chi connectivity index (χ0v) is 14.7. The highest BCUT2D eigenvalue weighted by Gasteiger charge is 2.26. The van der Waals surface area contributed by atoms with Gasteiger partial charge in [-0.25, -0.2) is 4.98 Å². The molecule has 1 aliphatic rings. The van der Waals surface area contributed by atoms with Crippen molar-refractivity contribution in [1.29, 1.82) is 0 Å². The van der Waals surface area contributed by atoms with Crippen molar-refractivity contribution < 1.29 is 9.53 Å². The third-order valence-electron chi connectivity index (χ3n) is 3.93. The van der Waals surface area contributed by atoms with Gasteiger partial charge in [0.15, 0.2) is 0 Å². The van der Waals surface area contributed by atoms with E-state index >= 15 is 0 Å². The molecule has 1 aliphatic heterocycles. The zero-order chi connectivity index (χ0) is 17.1. The van der Waals surface area contributed by atoms with Gasteiger partial charge in [0.1, 0.15) is 11.9 Å². The van der Waals surface area contributed by atoms with Gasteiger partial charge in [-0.05, 0) is 25.1 Å². The molecule has 1 fully saturated rings. The van der Waals surface area contributed by atoms with E-state index in [2.05, 4.69) is 9.97 Å². The summed E-state index contributed by atoms with van der Waals surface area (Å²) in [4.78, 5) is 22.7. The molecule has 7 heteroatoms. The van der Waals surface area contributed by atoms with E-state index < -0.39 is 0 Å². The minimum Gasteiger partial charge on any atom is -0.474 e. The smallest absolute Gasteiger partial charge is 0.255 e. The van der Waals surface area contributed by atoms with Crippen molar-refractivity contribution in [1.82, 2.24) is 14.9 Å². The molecule has 1 aromatic carbocycles. The second-order valence-corrected chi connectivity index (χ2v) is 6.52. The van der Waals surface area contributed by atoms with Crippen LogP contribution in [0.2, 0.25) is 10.0 Å². The van der Waals surface area contributed by atoms with Gasteiger partial charge in [-0.1, -0.05) is 23.2 Å². The number of hydrogen-bond donors (Lipinski definition) is 0. The van der Waals surface area contributed by atoms with Crippen LogP contribution < -0.4 is 4.74 Å². The Labute approximate surface area is 150 Å². The van der Waals surface area contributed by atoms with E-state index in [0.29, 0.717) is 40.4 Å². The number of hydrogen-bond acceptors (Lipinski definition) is 4. The van der Waals surface area contributed by atoms with Crippen LogP contribution in [0.15, 0.2) is 30.5 Å². The average Bonchev–Trinajstić information content (AvgIpc) is 2.57. The first kappa shape index (κ1) is 17.0. The van der Waals surface area contributed by atoms with Crippen molar-refractivity contribution in [2.75, 3.05) is 13.1 Å². The lowest BCUT2D eigenvalue weighted by Crippen LogP contribution is -2.42. The summed E-state index contributed by atoms with van der Waals surface area (Å²) >= 11 is 12.1. The maximum atomic E-state index is 12.6. The van der Waals surface area contributed by atoms with E-state index in [1.165, 1.54) is 0 Å². The van der Waals surface area contributed by atoms with E-state index in [9.17, 15) is 4.79 Å². The van der Waals surface area contributed by atoms with Crippen LogP contribution in [-0.2, 0) is 0 Å². The van der Waals surface area contributed by atoms with Gasteiger partial charge >= 0.3 is 0 Å². The third kappa shape index (κ3) is 3.97. The van der Waals surface area contributed by atoms with Gasteiger partial charge in [0.05, 0.1) is 10.6 Å². The molecule has 0 spiro atoms. The van der Waals surface area contributed by atoms with E-state index in [1.54, 1.807) is 35.4 Å². The van der Waals surface area contributed by atoms with Gasteiger partial charge in [-0.3, -0.25) is 4.79 Å². The molecule has 0 N–H and O–H groups in total. The Morgan fingerprint density at radius 1 is 1.25 bits per heavy atom. The summed E-state index contributed by atoms with van der Waals surface area (Å²) in [6.45, 7) is 3.04. The van der Waals surface area contributed by atoms with Crippen molar-refractivity contribution in [3.05, 3.63) is 51.9 Å². The molecule has 1 amide bonds. The standard InChI is InChI=1S/C17H17Cl2N3O2/c1-11-20-7-4-16(21-11)24-13-5-8-22(9-6-13)17(23)14-10-12(18)2-3-15(14)19/h2-4,7,10,13H,5-6,8-9H2,1H3. The fraction of sp³-hybridized carbons (Fsp3) is 0.353. The van der Waals surface area contributed by atoms with Crippen molar-refractivity contribution in [2.24, 2.45) is 0 Å². The van der Waals surface area contributed by atoms with E-state index in [1.807, 2.05) is 6.92 Å². The summed E-state index contributed by atoms with van der Waals surface area (Å²) in [6.07, 6.45) is 3.20. The highest BCUT2D eigenvalue weighted by atomic mass is 35.5. The number of benzene rings is 1. The third-order valence-corrected chi connectivity index (χ3v) is 4.49. The van der Waals surface area contributed by atoms with Gasteiger partial charge in [-0.15, -0.1) is 0 Å². The number of carbonyl (C=O) groups is 1. The molecule has 1 aromatic heterocycles. The molecule has 0 atom stereocenters. The Bertz CT molecular complexity index is 746. The van der Waals surface area contributed by atoms with Crippen LogP contribution in [0.25, 0.3) is 0 Å². The molecule has 0 aliphatic carbocycles. The van der Waals surface area contributed by atoms with Crippen LogP contribution in [0.5, 0.6) is 5.88 Å². The molecule has 0 saturated carbocycles. The Hall–Kier alpha value is -1.85. The predicted molar refractivity (Wildman–Crippen MR) is 92.8 cm³/mol. The number of ether oxygens (including phenoxy) is 1. The topological polar surface area (TPSA) is 55.3 Å². The lowest BCUT2D eigenvalue weighted by molar-refractivity contribution is 0.0587. The van der Waals surface area contributed by atoms with Crippen LogP contribution in [-0.4, -0.2) is 40.0 Å². The quantitative estimate of drug-likeness (QED) is 0.830. The average molecular weight is 366 g/mol. The molecule has 24 heavy (non-hydrogen) atoms. The molecule has 0 radical (unpaired) electrons. The van der Waals surface area contributed by atoms with E-state index in [4.69, 9.17) is 27.9 Å². The normalized spacial score (nSPS) is 15.4. The van der Waals surface area contributed by atoms with Gasteiger partial charge in [-0.2, -0.15) is 4.98 Å². The monoisotopic (exact) mass is 365 g/mol. The number of carbonyl (C=O) groups excluding carboxylic acids is 1. The summed E-state index contributed by atoms with van der Waals surface area (Å²) in [5, 5.41) is 0.916. The van der Waals surface area contributed by atoms with Gasteiger partial charge in [0.2, 0.25) is 5.88 Å². The second kappa shape index (κ2) is 7.36. The van der Waals surface area contributed by atoms with Crippen LogP contribution in [0.1, 0.15) is 29.0 Å². The van der Waals surface area contributed by atoms with Crippen molar-refractivity contribution >= 4 is 29.1 Å². The Kier molecular flexibility index (Phi) is 5.21. The highest BCUT2D eigenvalue weighted by molar-refractivity contribution is 6.35. The van der Waals surface area contributed by atoms with Crippen LogP contribution >= 0.6 is 23.2 Å². The first-order valence-electron chi connectivity index (χ1n) is 7.73. The summed E-state index contributed by atoms with van der Waals surface area (Å²) in [6, 6.07) is 6.67. The van der Waals surface area contributed by atoms with E-state index in [-0.39, 0.29) is 12.0 Å². The molecular weight excluding hydrogens is 349 g/mol. The molecule has 126 valence electrons. The zero-order valence-electron chi connectivity index (χ0n) is 13.2. The number of piperidine rings is 1. The first-order valence-corrected chi connectivity index (χ1v) is 8.49. The SMILES string of the molecule is Cc1nccc(OC2CCN(C(=O)c3cc(Cl)ccc3Cl)CC2)n1. The summed E-state index contributed by atoms with van der Waals surface area (Å²) < 4.78 is 5.88. The lowest BCUT2D eigenvalue weighted by Gasteiger charge is -2.32. The van der Waals surface area contributed by atoms with Gasteiger partial charge in [0.25, 0.3) is 5.91 Å². The largest absolute Gasteiger partial charge is 0.474 e. The fourth-order valence-corrected chi connectivity index (χ4v) is 3.05. The molecule has 2 aromatic rings. The minimum absolute atomic E-state index is 0.0400. The molecular formula is C17H17Cl2N3O2. The Morgan fingerprint density at radius 3 is 2.71 bits per heavy atom. The number of rotatable bonds is 3. The second-order valence-electron chi connectivity index (χ2n) is 5.68. The number of halogens is 2. The summed E-state index contributed by atoms with van der Waals surface area (Å²) in [5.74, 6) is 1.15. The molecule has 0 bridgehead atoms. The van der Waals surface area contributed by atoms with Gasteiger partial charge in [0, 0.05) is 43.2 Å². The maximum absolute atomic E-state index is 12.6.